The van der Waals surface area contributed by atoms with Gasteiger partial charge in [0, 0.05) is 12.0 Å². The Morgan fingerprint density at radius 2 is 2.05 bits per heavy atom. The van der Waals surface area contributed by atoms with Gasteiger partial charge in [0.05, 0.1) is 0 Å². The van der Waals surface area contributed by atoms with Crippen LogP contribution in [0.25, 0.3) is 0 Å². The minimum Gasteiger partial charge on any atom is -0.479 e. The first-order valence-corrected chi connectivity index (χ1v) is 5.92. The van der Waals surface area contributed by atoms with Crippen molar-refractivity contribution in [2.24, 2.45) is 0 Å². The number of unbranched alkanes of at least 4 members (excludes halogenated alkanes) is 1. The van der Waals surface area contributed by atoms with Gasteiger partial charge in [-0.25, -0.2) is 13.6 Å². The fourth-order valence-electron chi connectivity index (χ4n) is 1.58. The topological polar surface area (TPSA) is 66.4 Å². The zero-order valence-corrected chi connectivity index (χ0v) is 10.5. The van der Waals surface area contributed by atoms with Crippen LogP contribution in [0.5, 0.6) is 0 Å². The normalized spacial score (nSPS) is 11.9. The SMILES string of the molecule is CCCCC(=O)NC(C(=O)O)c1cc(F)ccc1F. The molecule has 0 aromatic heterocycles. The fraction of sp³-hybridized carbons (Fsp3) is 0.385. The van der Waals surface area contributed by atoms with E-state index in [4.69, 9.17) is 5.11 Å². The summed E-state index contributed by atoms with van der Waals surface area (Å²) in [6.45, 7) is 1.88. The standard InChI is InChI=1S/C13H15F2NO3/c1-2-3-4-11(17)16-12(13(18)19)9-7-8(14)5-6-10(9)15/h5-7,12H,2-4H2,1H3,(H,16,17)(H,18,19). The van der Waals surface area contributed by atoms with E-state index in [1.54, 1.807) is 0 Å². The number of rotatable bonds is 6. The minimum absolute atomic E-state index is 0.150. The summed E-state index contributed by atoms with van der Waals surface area (Å²) in [5.41, 5.74) is -0.391. The first-order valence-electron chi connectivity index (χ1n) is 5.92. The molecular formula is C13H15F2NO3. The molecule has 6 heteroatoms. The van der Waals surface area contributed by atoms with Crippen LogP contribution in [0.2, 0.25) is 0 Å². The maximum atomic E-state index is 13.5. The quantitative estimate of drug-likeness (QED) is 0.835. The van der Waals surface area contributed by atoms with Crippen LogP contribution in [-0.2, 0) is 9.59 Å². The minimum atomic E-state index is -1.58. The van der Waals surface area contributed by atoms with Crippen molar-refractivity contribution < 1.29 is 23.5 Å². The molecular weight excluding hydrogens is 256 g/mol. The highest BCUT2D eigenvalue weighted by Gasteiger charge is 2.25. The van der Waals surface area contributed by atoms with E-state index in [2.05, 4.69) is 5.32 Å². The second kappa shape index (κ2) is 6.82. The molecule has 1 aromatic carbocycles. The molecule has 0 saturated carbocycles. The Balaban J connectivity index is 2.91. The molecule has 0 spiro atoms. The van der Waals surface area contributed by atoms with E-state index in [1.807, 2.05) is 6.92 Å². The van der Waals surface area contributed by atoms with Gasteiger partial charge in [0.15, 0.2) is 6.04 Å². The zero-order chi connectivity index (χ0) is 14.4. The van der Waals surface area contributed by atoms with Gasteiger partial charge in [-0.05, 0) is 24.6 Å². The first kappa shape index (κ1) is 15.1. The van der Waals surface area contributed by atoms with Crippen molar-refractivity contribution in [3.63, 3.8) is 0 Å². The van der Waals surface area contributed by atoms with Gasteiger partial charge in [0.2, 0.25) is 5.91 Å². The lowest BCUT2D eigenvalue weighted by Gasteiger charge is -2.15. The van der Waals surface area contributed by atoms with Gasteiger partial charge in [-0.15, -0.1) is 0 Å². The van der Waals surface area contributed by atoms with Crippen molar-refractivity contribution in [3.05, 3.63) is 35.4 Å². The van der Waals surface area contributed by atoms with Gasteiger partial charge < -0.3 is 10.4 Å². The molecule has 0 fully saturated rings. The number of benzene rings is 1. The second-order valence-corrected chi connectivity index (χ2v) is 4.11. The van der Waals surface area contributed by atoms with Crippen molar-refractivity contribution in [1.29, 1.82) is 0 Å². The van der Waals surface area contributed by atoms with Crippen LogP contribution in [0.15, 0.2) is 18.2 Å². The predicted molar refractivity (Wildman–Crippen MR) is 64.4 cm³/mol. The molecule has 0 aliphatic rings. The molecule has 1 amide bonds. The smallest absolute Gasteiger partial charge is 0.331 e. The third-order valence-electron chi connectivity index (χ3n) is 2.58. The number of carbonyl (C=O) groups excluding carboxylic acids is 1. The Morgan fingerprint density at radius 1 is 1.37 bits per heavy atom. The lowest BCUT2D eigenvalue weighted by molar-refractivity contribution is -0.142. The van der Waals surface area contributed by atoms with Crippen molar-refractivity contribution >= 4 is 11.9 Å². The molecule has 2 N–H and O–H groups in total. The molecule has 1 unspecified atom stereocenters. The lowest BCUT2D eigenvalue weighted by Crippen LogP contribution is -2.34. The number of halogens is 2. The molecule has 0 saturated heterocycles. The number of hydrogen-bond donors (Lipinski definition) is 2. The summed E-state index contributed by atoms with van der Waals surface area (Å²) in [7, 11) is 0. The van der Waals surface area contributed by atoms with Gasteiger partial charge in [0.1, 0.15) is 11.6 Å². The Morgan fingerprint density at radius 3 is 2.63 bits per heavy atom. The van der Waals surface area contributed by atoms with Crippen molar-refractivity contribution in [1.82, 2.24) is 5.32 Å². The fourth-order valence-corrected chi connectivity index (χ4v) is 1.58. The van der Waals surface area contributed by atoms with Gasteiger partial charge in [-0.1, -0.05) is 13.3 Å². The maximum absolute atomic E-state index is 13.5. The molecule has 1 aromatic rings. The average molecular weight is 271 g/mol. The molecule has 1 rings (SSSR count). The summed E-state index contributed by atoms with van der Waals surface area (Å²) in [5.74, 6) is -3.57. The molecule has 0 aliphatic heterocycles. The maximum Gasteiger partial charge on any atom is 0.331 e. The zero-order valence-electron chi connectivity index (χ0n) is 10.5. The van der Waals surface area contributed by atoms with Gasteiger partial charge in [-0.2, -0.15) is 0 Å². The molecule has 0 aliphatic carbocycles. The summed E-state index contributed by atoms with van der Waals surface area (Å²) >= 11 is 0. The molecule has 0 bridgehead atoms. The van der Waals surface area contributed by atoms with Crippen LogP contribution in [-0.4, -0.2) is 17.0 Å². The Hall–Kier alpha value is -1.98. The Labute approximate surface area is 109 Å². The summed E-state index contributed by atoms with van der Waals surface area (Å²) in [6.07, 6.45) is 1.53. The van der Waals surface area contributed by atoms with E-state index >= 15 is 0 Å². The van der Waals surface area contributed by atoms with E-state index in [0.29, 0.717) is 6.42 Å². The number of aliphatic carboxylic acids is 1. The van der Waals surface area contributed by atoms with Crippen molar-refractivity contribution in [3.8, 4) is 0 Å². The van der Waals surface area contributed by atoms with E-state index in [1.165, 1.54) is 0 Å². The monoisotopic (exact) mass is 271 g/mol. The van der Waals surface area contributed by atoms with Crippen LogP contribution in [0, 0.1) is 11.6 Å². The van der Waals surface area contributed by atoms with E-state index in [-0.39, 0.29) is 6.42 Å². The largest absolute Gasteiger partial charge is 0.479 e. The van der Waals surface area contributed by atoms with Crippen LogP contribution >= 0.6 is 0 Å². The van der Waals surface area contributed by atoms with Crippen LogP contribution in [0.3, 0.4) is 0 Å². The summed E-state index contributed by atoms with van der Waals surface area (Å²) in [5, 5.41) is 11.2. The highest BCUT2D eigenvalue weighted by Crippen LogP contribution is 2.19. The van der Waals surface area contributed by atoms with Gasteiger partial charge in [-0.3, -0.25) is 4.79 Å². The van der Waals surface area contributed by atoms with Gasteiger partial charge >= 0.3 is 5.97 Å². The number of hydrogen-bond acceptors (Lipinski definition) is 2. The van der Waals surface area contributed by atoms with E-state index in [9.17, 15) is 18.4 Å². The molecule has 104 valence electrons. The molecule has 0 radical (unpaired) electrons. The molecule has 4 nitrogen and oxygen atoms in total. The third-order valence-corrected chi connectivity index (χ3v) is 2.58. The molecule has 1 atom stereocenters. The number of carboxylic acid groups (broad SMARTS) is 1. The van der Waals surface area contributed by atoms with Crippen molar-refractivity contribution in [2.45, 2.75) is 32.2 Å². The number of amides is 1. The molecule has 0 heterocycles. The molecule has 19 heavy (non-hydrogen) atoms. The summed E-state index contributed by atoms with van der Waals surface area (Å²) in [6, 6.07) is 0.906. The first-order chi connectivity index (χ1) is 8.95. The Kier molecular flexibility index (Phi) is 5.41. The van der Waals surface area contributed by atoms with E-state index in [0.717, 1.165) is 24.6 Å². The van der Waals surface area contributed by atoms with Crippen LogP contribution in [0.4, 0.5) is 8.78 Å². The van der Waals surface area contributed by atoms with Crippen LogP contribution < -0.4 is 5.32 Å². The number of nitrogens with one attached hydrogen (secondary N) is 1. The second-order valence-electron chi connectivity index (χ2n) is 4.11. The highest BCUT2D eigenvalue weighted by atomic mass is 19.1. The number of carboxylic acids is 1. The van der Waals surface area contributed by atoms with Crippen molar-refractivity contribution in [2.75, 3.05) is 0 Å². The lowest BCUT2D eigenvalue weighted by atomic mass is 10.1. The van der Waals surface area contributed by atoms with Gasteiger partial charge in [0.25, 0.3) is 0 Å². The highest BCUT2D eigenvalue weighted by molar-refractivity contribution is 5.84. The average Bonchev–Trinajstić information content (AvgIpc) is 2.36. The number of carbonyl (C=O) groups is 2. The third kappa shape index (κ3) is 4.31. The van der Waals surface area contributed by atoms with E-state index < -0.39 is 35.1 Å². The Bertz CT molecular complexity index is 477. The summed E-state index contributed by atoms with van der Waals surface area (Å²) < 4.78 is 26.5. The summed E-state index contributed by atoms with van der Waals surface area (Å²) in [4.78, 5) is 22.6. The van der Waals surface area contributed by atoms with Crippen LogP contribution in [0.1, 0.15) is 37.8 Å². The predicted octanol–water partition coefficient (Wildman–Crippen LogP) is 2.40.